The fourth-order valence-corrected chi connectivity index (χ4v) is 3.81. The van der Waals surface area contributed by atoms with E-state index >= 15 is 0 Å². The molecule has 1 N–H and O–H groups in total. The maximum atomic E-state index is 12.9. The predicted molar refractivity (Wildman–Crippen MR) is 116 cm³/mol. The van der Waals surface area contributed by atoms with Crippen molar-refractivity contribution in [2.75, 3.05) is 18.1 Å². The molecular weight excluding hydrogens is 388 g/mol. The molecule has 1 aliphatic rings. The number of carbonyl (C=O) groups is 2. The number of fused-ring (bicyclic) bond motifs is 1. The number of ether oxygens (including phenoxy) is 1. The number of amides is 2. The number of rotatable bonds is 7. The summed E-state index contributed by atoms with van der Waals surface area (Å²) in [6.07, 6.45) is 0.673. The van der Waals surface area contributed by atoms with Crippen LogP contribution in [0.4, 0.5) is 5.69 Å². The van der Waals surface area contributed by atoms with E-state index < -0.39 is 6.04 Å². The number of nitrogens with one attached hydrogen (secondary N) is 1. The Hall–Kier alpha value is -2.53. The summed E-state index contributed by atoms with van der Waals surface area (Å²) in [5, 5.41) is 3.27. The van der Waals surface area contributed by atoms with E-state index in [1.54, 1.807) is 17.0 Å². The summed E-state index contributed by atoms with van der Waals surface area (Å²) in [4.78, 5) is 26.1. The normalized spacial score (nSPS) is 15.6. The number of hydrogen-bond acceptors (Lipinski definition) is 3. The number of nitrogens with zero attached hydrogens (tertiary/aromatic N) is 1. The van der Waals surface area contributed by atoms with Crippen LogP contribution >= 0.6 is 11.6 Å². The van der Waals surface area contributed by atoms with Gasteiger partial charge >= 0.3 is 0 Å². The zero-order valence-electron chi connectivity index (χ0n) is 17.3. The highest BCUT2D eigenvalue weighted by Crippen LogP contribution is 2.37. The van der Waals surface area contributed by atoms with Gasteiger partial charge in [0.15, 0.2) is 0 Å². The lowest BCUT2D eigenvalue weighted by Gasteiger charge is -2.19. The van der Waals surface area contributed by atoms with Gasteiger partial charge < -0.3 is 15.0 Å². The largest absolute Gasteiger partial charge is 0.493 e. The minimum Gasteiger partial charge on any atom is -0.493 e. The van der Waals surface area contributed by atoms with Gasteiger partial charge in [-0.2, -0.15) is 0 Å². The van der Waals surface area contributed by atoms with Crippen LogP contribution < -0.4 is 15.0 Å². The first kappa shape index (κ1) is 21.2. The molecule has 2 aromatic rings. The molecule has 0 saturated heterocycles. The second kappa shape index (κ2) is 8.87. The van der Waals surface area contributed by atoms with Crippen molar-refractivity contribution in [3.8, 4) is 5.75 Å². The summed E-state index contributed by atoms with van der Waals surface area (Å²) in [5.74, 6) is 0.882. The molecule has 0 radical (unpaired) electrons. The summed E-state index contributed by atoms with van der Waals surface area (Å²) in [6, 6.07) is 10.9. The zero-order chi connectivity index (χ0) is 21.1. The van der Waals surface area contributed by atoms with E-state index in [9.17, 15) is 9.59 Å². The molecule has 2 amide bonds. The van der Waals surface area contributed by atoms with Crippen LogP contribution in [0.3, 0.4) is 0 Å². The summed E-state index contributed by atoms with van der Waals surface area (Å²) in [6.45, 7) is 8.74. The number of carbonyl (C=O) groups excluding carboxylic acids is 2. The van der Waals surface area contributed by atoms with Gasteiger partial charge in [-0.15, -0.1) is 0 Å². The molecule has 1 atom stereocenters. The molecule has 1 heterocycles. The van der Waals surface area contributed by atoms with Crippen molar-refractivity contribution in [2.24, 2.45) is 0 Å². The van der Waals surface area contributed by atoms with Crippen molar-refractivity contribution in [1.29, 1.82) is 0 Å². The van der Waals surface area contributed by atoms with Crippen molar-refractivity contribution in [3.63, 3.8) is 0 Å². The molecule has 29 heavy (non-hydrogen) atoms. The summed E-state index contributed by atoms with van der Waals surface area (Å²) in [5.41, 5.74) is 3.86. The van der Waals surface area contributed by atoms with E-state index in [0.29, 0.717) is 30.5 Å². The van der Waals surface area contributed by atoms with E-state index in [-0.39, 0.29) is 11.8 Å². The number of hydrogen-bond donors (Lipinski definition) is 1. The lowest BCUT2D eigenvalue weighted by Crippen LogP contribution is -2.37. The molecule has 0 saturated carbocycles. The van der Waals surface area contributed by atoms with Gasteiger partial charge in [0.25, 0.3) is 5.91 Å². The molecule has 3 rings (SSSR count). The van der Waals surface area contributed by atoms with Crippen LogP contribution in [0.2, 0.25) is 5.02 Å². The average molecular weight is 415 g/mol. The van der Waals surface area contributed by atoms with E-state index in [0.717, 1.165) is 22.6 Å². The Kier molecular flexibility index (Phi) is 6.48. The molecule has 0 fully saturated rings. The van der Waals surface area contributed by atoms with Gasteiger partial charge in [-0.05, 0) is 54.7 Å². The smallest absolute Gasteiger partial charge is 0.254 e. The monoisotopic (exact) mass is 414 g/mol. The van der Waals surface area contributed by atoms with E-state index in [2.05, 4.69) is 37.4 Å². The molecule has 0 spiro atoms. The van der Waals surface area contributed by atoms with E-state index in [4.69, 9.17) is 16.3 Å². The van der Waals surface area contributed by atoms with Gasteiger partial charge in [0.05, 0.1) is 6.61 Å². The van der Waals surface area contributed by atoms with Gasteiger partial charge in [-0.1, -0.05) is 37.6 Å². The molecule has 2 aromatic carbocycles. The van der Waals surface area contributed by atoms with Crippen LogP contribution in [0.5, 0.6) is 5.75 Å². The second-order valence-corrected chi connectivity index (χ2v) is 8.16. The Balaban J connectivity index is 1.68. The second-order valence-electron chi connectivity index (χ2n) is 7.72. The summed E-state index contributed by atoms with van der Waals surface area (Å²) >= 11 is 6.11. The Morgan fingerprint density at radius 3 is 2.69 bits per heavy atom. The van der Waals surface area contributed by atoms with Gasteiger partial charge in [-0.3, -0.25) is 9.59 Å². The molecular formula is C23H27ClN2O3. The maximum absolute atomic E-state index is 12.9. The molecule has 0 aromatic heterocycles. The first-order valence-corrected chi connectivity index (χ1v) is 10.3. The zero-order valence-corrected chi connectivity index (χ0v) is 18.0. The number of aryl methyl sites for hydroxylation is 1. The first-order valence-electron chi connectivity index (χ1n) is 9.89. The Bertz CT molecular complexity index is 926. The van der Waals surface area contributed by atoms with Crippen LogP contribution in [0.25, 0.3) is 0 Å². The highest BCUT2D eigenvalue weighted by atomic mass is 35.5. The molecule has 0 aliphatic carbocycles. The number of halogens is 1. The highest BCUT2D eigenvalue weighted by molar-refractivity contribution is 6.31. The number of anilines is 1. The molecule has 0 bridgehead atoms. The maximum Gasteiger partial charge on any atom is 0.254 e. The molecule has 1 aliphatic heterocycles. The van der Waals surface area contributed by atoms with Crippen molar-refractivity contribution < 1.29 is 14.3 Å². The lowest BCUT2D eigenvalue weighted by atomic mass is 10.0. The predicted octanol–water partition coefficient (Wildman–Crippen LogP) is 4.76. The fraction of sp³-hybridized carbons (Fsp3) is 0.391. The fourth-order valence-electron chi connectivity index (χ4n) is 3.63. The Labute approximate surface area is 177 Å². The minimum absolute atomic E-state index is 0.143. The van der Waals surface area contributed by atoms with Crippen LogP contribution in [-0.4, -0.2) is 25.0 Å². The van der Waals surface area contributed by atoms with Gasteiger partial charge in [0.2, 0.25) is 5.91 Å². The van der Waals surface area contributed by atoms with Gasteiger partial charge in [0, 0.05) is 29.7 Å². The molecule has 0 unspecified atom stereocenters. The molecule has 154 valence electrons. The van der Waals surface area contributed by atoms with E-state index in [1.165, 1.54) is 12.5 Å². The van der Waals surface area contributed by atoms with Crippen LogP contribution in [-0.2, 0) is 9.59 Å². The third kappa shape index (κ3) is 4.73. The quantitative estimate of drug-likeness (QED) is 0.664. The van der Waals surface area contributed by atoms with Crippen molar-refractivity contribution in [1.82, 2.24) is 5.32 Å². The van der Waals surface area contributed by atoms with Crippen LogP contribution in [0, 0.1) is 6.92 Å². The van der Waals surface area contributed by atoms with Gasteiger partial charge in [0.1, 0.15) is 11.8 Å². The van der Waals surface area contributed by atoms with Gasteiger partial charge in [-0.25, -0.2) is 0 Å². The minimum atomic E-state index is -0.688. The average Bonchev–Trinajstić information content (AvgIpc) is 2.89. The van der Waals surface area contributed by atoms with Crippen molar-refractivity contribution >= 4 is 29.1 Å². The van der Waals surface area contributed by atoms with Crippen molar-refractivity contribution in [2.45, 2.75) is 46.1 Å². The van der Waals surface area contributed by atoms with Crippen molar-refractivity contribution in [3.05, 3.63) is 58.1 Å². The summed E-state index contributed by atoms with van der Waals surface area (Å²) in [7, 11) is 0. The standard InChI is InChI=1S/C23H27ClN2O3/c1-14(2)18-8-6-15(3)12-21(18)29-11-5-10-26-20-9-7-17(24)13-19(20)22(23(26)28)25-16(4)27/h6-9,12-14,22H,5,10-11H2,1-4H3,(H,25,27)/t22-/m0/s1. The third-order valence-electron chi connectivity index (χ3n) is 5.03. The topological polar surface area (TPSA) is 58.6 Å². The Morgan fingerprint density at radius 1 is 1.24 bits per heavy atom. The molecule has 5 nitrogen and oxygen atoms in total. The molecule has 6 heteroatoms. The Morgan fingerprint density at radius 2 is 2.00 bits per heavy atom. The van der Waals surface area contributed by atoms with Crippen LogP contribution in [0.1, 0.15) is 55.8 Å². The lowest BCUT2D eigenvalue weighted by molar-refractivity contribution is -0.126. The van der Waals surface area contributed by atoms with Crippen LogP contribution in [0.15, 0.2) is 36.4 Å². The summed E-state index contributed by atoms with van der Waals surface area (Å²) < 4.78 is 6.04. The first-order chi connectivity index (χ1) is 13.8. The highest BCUT2D eigenvalue weighted by Gasteiger charge is 2.37. The van der Waals surface area contributed by atoms with E-state index in [1.807, 2.05) is 13.0 Å². The third-order valence-corrected chi connectivity index (χ3v) is 5.26. The number of benzene rings is 2. The SMILES string of the molecule is CC(=O)N[C@@H]1C(=O)N(CCCOc2cc(C)ccc2C(C)C)c2ccc(Cl)cc21.